The molecule has 0 aromatic heterocycles. The second-order valence-corrected chi connectivity index (χ2v) is 6.85. The van der Waals surface area contributed by atoms with Crippen LogP contribution in [0.15, 0.2) is 29.2 Å². The molecule has 1 aromatic rings. The lowest BCUT2D eigenvalue weighted by molar-refractivity contribution is 0.451. The highest BCUT2D eigenvalue weighted by atomic mass is 32.2. The molecule has 2 saturated heterocycles. The Hall–Kier alpha value is -0.875. The van der Waals surface area contributed by atoms with Crippen LogP contribution in [0.2, 0.25) is 11.6 Å². The van der Waals surface area contributed by atoms with Crippen LogP contribution in [0, 0.1) is 11.3 Å². The van der Waals surface area contributed by atoms with E-state index in [9.17, 15) is 0 Å². The lowest BCUT2D eigenvalue weighted by atomic mass is 9.42. The molecule has 0 atom stereocenters. The van der Waals surface area contributed by atoms with Gasteiger partial charge in [-0.15, -0.1) is 0 Å². The highest BCUT2D eigenvalue weighted by Gasteiger charge is 2.39. The predicted molar refractivity (Wildman–Crippen MR) is 78.0 cm³/mol. The number of rotatable bonds is 2. The fraction of sp³-hybridized carbons (Fsp3) is 0.533. The zero-order valence-corrected chi connectivity index (χ0v) is 11.5. The van der Waals surface area contributed by atoms with Gasteiger partial charge in [-0.1, -0.05) is 50.2 Å². The van der Waals surface area contributed by atoms with Gasteiger partial charge >= 0.3 is 0 Å². The molecule has 1 nitrogen and oxygen atoms in total. The molecule has 2 fully saturated rings. The van der Waals surface area contributed by atoms with Crippen molar-refractivity contribution in [3.05, 3.63) is 29.8 Å². The molecule has 0 unspecified atom stereocenters. The van der Waals surface area contributed by atoms with Crippen molar-refractivity contribution in [2.75, 3.05) is 0 Å². The summed E-state index contributed by atoms with van der Waals surface area (Å²) < 4.78 is 0. The predicted octanol–water partition coefficient (Wildman–Crippen LogP) is 4.75. The first kappa shape index (κ1) is 12.2. The zero-order chi connectivity index (χ0) is 12.4. The Morgan fingerprint density at radius 2 is 1.56 bits per heavy atom. The maximum absolute atomic E-state index is 8.82. The molecule has 3 heteroatoms. The van der Waals surface area contributed by atoms with Gasteiger partial charge in [0.1, 0.15) is 0 Å². The minimum Gasteiger partial charge on any atom is -0.192 e. The molecule has 0 radical (unpaired) electrons. The van der Waals surface area contributed by atoms with Crippen LogP contribution in [0.1, 0.15) is 44.1 Å². The molecule has 0 amide bonds. The number of hydrogen-bond acceptors (Lipinski definition) is 2. The van der Waals surface area contributed by atoms with E-state index in [1.165, 1.54) is 43.4 Å². The van der Waals surface area contributed by atoms with Crippen LogP contribution in [0.25, 0.3) is 0 Å². The summed E-state index contributed by atoms with van der Waals surface area (Å²) in [5.74, 6) is 2.72. The molecule has 0 aliphatic carbocycles. The van der Waals surface area contributed by atoms with Gasteiger partial charge in [-0.2, -0.15) is 16.9 Å². The average Bonchev–Trinajstić information content (AvgIpc) is 2.39. The van der Waals surface area contributed by atoms with Crippen molar-refractivity contribution in [3.8, 4) is 6.07 Å². The van der Waals surface area contributed by atoms with Crippen molar-refractivity contribution in [2.45, 2.75) is 55.1 Å². The number of nitrogens with zero attached hydrogens (tertiary/aromatic N) is 1. The molecule has 2 bridgehead atoms. The van der Waals surface area contributed by atoms with Crippen LogP contribution in [0.4, 0.5) is 0 Å². The Bertz CT molecular complexity index is 429. The summed E-state index contributed by atoms with van der Waals surface area (Å²) in [5, 5.41) is 8.82. The zero-order valence-electron chi connectivity index (χ0n) is 10.6. The maximum atomic E-state index is 8.82. The first-order valence-electron chi connectivity index (χ1n) is 7.03. The van der Waals surface area contributed by atoms with Gasteiger partial charge in [0, 0.05) is 0 Å². The number of nitriles is 1. The Labute approximate surface area is 114 Å². The largest absolute Gasteiger partial charge is 0.222 e. The van der Waals surface area contributed by atoms with E-state index < -0.39 is 0 Å². The lowest BCUT2D eigenvalue weighted by Gasteiger charge is -2.39. The molecule has 0 spiro atoms. The van der Waals surface area contributed by atoms with Gasteiger partial charge in [0.25, 0.3) is 0 Å². The molecule has 3 rings (SSSR count). The first-order chi connectivity index (χ1) is 8.86. The summed E-state index contributed by atoms with van der Waals surface area (Å²) in [6, 6.07) is 10.3. The van der Waals surface area contributed by atoms with E-state index in [-0.39, 0.29) is 0 Å². The van der Waals surface area contributed by atoms with Gasteiger partial charge in [0.2, 0.25) is 5.99 Å². The molecule has 18 heavy (non-hydrogen) atoms. The second-order valence-electron chi connectivity index (χ2n) is 5.60. The number of benzene rings is 1. The van der Waals surface area contributed by atoms with Gasteiger partial charge in [0.05, 0.1) is 11.6 Å². The van der Waals surface area contributed by atoms with Crippen LogP contribution in [0.3, 0.4) is 0 Å². The van der Waals surface area contributed by atoms with E-state index in [1.54, 1.807) is 0 Å². The van der Waals surface area contributed by atoms with Crippen molar-refractivity contribution in [2.24, 2.45) is 0 Å². The van der Waals surface area contributed by atoms with Gasteiger partial charge in [-0.25, -0.2) is 0 Å². The minimum absolute atomic E-state index is 0.767. The van der Waals surface area contributed by atoms with Crippen molar-refractivity contribution in [1.82, 2.24) is 0 Å². The molecule has 2 heterocycles. The Morgan fingerprint density at radius 3 is 2.06 bits per heavy atom. The molecular formula is C15H18BNS. The normalized spacial score (nSPS) is 26.7. The number of fused-ring (bicyclic) bond motifs is 2. The molecular weight excluding hydrogens is 237 g/mol. The van der Waals surface area contributed by atoms with Gasteiger partial charge < -0.3 is 0 Å². The number of hydrogen-bond donors (Lipinski definition) is 0. The molecule has 92 valence electrons. The van der Waals surface area contributed by atoms with E-state index in [1.807, 2.05) is 12.1 Å². The second kappa shape index (κ2) is 5.40. The fourth-order valence-corrected chi connectivity index (χ4v) is 5.11. The highest BCUT2D eigenvalue weighted by molar-refractivity contribution is 8.25. The summed E-state index contributed by atoms with van der Waals surface area (Å²) in [5.41, 5.74) is 0.767. The highest BCUT2D eigenvalue weighted by Crippen LogP contribution is 2.51. The fourth-order valence-electron chi connectivity index (χ4n) is 3.57. The smallest absolute Gasteiger partial charge is 0.192 e. The molecule has 2 aliphatic rings. The van der Waals surface area contributed by atoms with E-state index in [0.717, 1.165) is 23.2 Å². The average molecular weight is 255 g/mol. The minimum atomic E-state index is 0.767. The quantitative estimate of drug-likeness (QED) is 0.712. The SMILES string of the molecule is N#Cc1ccc(SB2C3CCCC2CCC3)cc1. The third kappa shape index (κ3) is 2.45. The summed E-state index contributed by atoms with van der Waals surface area (Å²) in [6.07, 6.45) is 8.63. The van der Waals surface area contributed by atoms with E-state index in [2.05, 4.69) is 29.8 Å². The van der Waals surface area contributed by atoms with Crippen molar-refractivity contribution in [1.29, 1.82) is 5.26 Å². The Balaban J connectivity index is 1.73. The van der Waals surface area contributed by atoms with E-state index >= 15 is 0 Å². The van der Waals surface area contributed by atoms with Crippen LogP contribution in [0.5, 0.6) is 0 Å². The first-order valence-corrected chi connectivity index (χ1v) is 7.91. The van der Waals surface area contributed by atoms with Crippen molar-refractivity contribution >= 4 is 17.6 Å². The van der Waals surface area contributed by atoms with Crippen molar-refractivity contribution in [3.63, 3.8) is 0 Å². The van der Waals surface area contributed by atoms with Crippen LogP contribution in [-0.4, -0.2) is 5.99 Å². The summed E-state index contributed by atoms with van der Waals surface area (Å²) in [6.45, 7) is 0. The summed E-state index contributed by atoms with van der Waals surface area (Å²) in [7, 11) is 0. The van der Waals surface area contributed by atoms with Gasteiger partial charge in [-0.05, 0) is 29.2 Å². The topological polar surface area (TPSA) is 23.8 Å². The van der Waals surface area contributed by atoms with Crippen LogP contribution >= 0.6 is 11.6 Å². The van der Waals surface area contributed by atoms with E-state index in [4.69, 9.17) is 5.26 Å². The third-order valence-corrected chi connectivity index (χ3v) is 6.07. The molecule has 2 aliphatic heterocycles. The summed E-state index contributed by atoms with van der Waals surface area (Å²) in [4.78, 5) is 1.35. The van der Waals surface area contributed by atoms with Crippen LogP contribution in [-0.2, 0) is 0 Å². The standard InChI is InChI=1S/C15H18BNS/c17-11-12-7-9-15(10-8-12)18-16-13-3-1-4-14(16)6-2-5-13/h7-10,13-14H,1-6H2. The third-order valence-electron chi connectivity index (χ3n) is 4.48. The maximum Gasteiger partial charge on any atom is 0.222 e. The monoisotopic (exact) mass is 255 g/mol. The van der Waals surface area contributed by atoms with Gasteiger partial charge in [0.15, 0.2) is 0 Å². The summed E-state index contributed by atoms with van der Waals surface area (Å²) >= 11 is 2.07. The van der Waals surface area contributed by atoms with Gasteiger partial charge in [-0.3, -0.25) is 0 Å². The Morgan fingerprint density at radius 1 is 1.00 bits per heavy atom. The lowest BCUT2D eigenvalue weighted by Crippen LogP contribution is -2.31. The van der Waals surface area contributed by atoms with Crippen molar-refractivity contribution < 1.29 is 0 Å². The van der Waals surface area contributed by atoms with Crippen LogP contribution < -0.4 is 0 Å². The molecule has 1 aromatic carbocycles. The molecule has 0 N–H and O–H groups in total. The molecule has 0 saturated carbocycles. The Kier molecular flexibility index (Phi) is 3.66. The van der Waals surface area contributed by atoms with E-state index in [0.29, 0.717) is 0 Å².